The van der Waals surface area contributed by atoms with Crippen molar-refractivity contribution in [1.82, 2.24) is 15.8 Å². The van der Waals surface area contributed by atoms with Gasteiger partial charge in [0.05, 0.1) is 6.42 Å². The van der Waals surface area contributed by atoms with Crippen molar-refractivity contribution in [2.24, 2.45) is 0 Å². The number of para-hydroxylation sites is 1. The zero-order valence-corrected chi connectivity index (χ0v) is 17.4. The third-order valence-electron chi connectivity index (χ3n) is 5.41. The summed E-state index contributed by atoms with van der Waals surface area (Å²) in [6, 6.07) is 13.4. The van der Waals surface area contributed by atoms with Crippen molar-refractivity contribution in [2.75, 3.05) is 0 Å². The highest BCUT2D eigenvalue weighted by atomic mass is 16.4. The molecule has 31 heavy (non-hydrogen) atoms. The Labute approximate surface area is 178 Å². The van der Waals surface area contributed by atoms with Crippen LogP contribution in [-0.4, -0.2) is 16.8 Å². The van der Waals surface area contributed by atoms with Gasteiger partial charge in [-0.25, -0.2) is 4.79 Å². The Hall–Kier alpha value is -3.87. The second kappa shape index (κ2) is 8.47. The first-order valence-corrected chi connectivity index (χ1v) is 10.1. The average molecular weight is 417 g/mol. The van der Waals surface area contributed by atoms with Crippen LogP contribution >= 0.6 is 0 Å². The van der Waals surface area contributed by atoms with E-state index in [9.17, 15) is 14.4 Å². The fourth-order valence-electron chi connectivity index (χ4n) is 3.73. The standard InChI is InChI=1S/C24H23N3O4/c1-14-7-8-17-15(2)18(24(30)31-21(17)11-14)9-10-22(28)26-27-23(29)12-16-13-25-20-6-4-3-5-19(16)20/h3-8,11,13,25H,9-10,12H2,1-2H3,(H,26,28)(H,27,29). The smallest absolute Gasteiger partial charge is 0.339 e. The maximum absolute atomic E-state index is 12.4. The summed E-state index contributed by atoms with van der Waals surface area (Å²) in [5, 5.41) is 1.82. The van der Waals surface area contributed by atoms with Gasteiger partial charge in [-0.2, -0.15) is 0 Å². The molecule has 0 aliphatic rings. The van der Waals surface area contributed by atoms with E-state index in [-0.39, 0.29) is 31.1 Å². The fraction of sp³-hybridized carbons (Fsp3) is 0.208. The number of H-pyrrole nitrogens is 1. The Morgan fingerprint density at radius 1 is 1.00 bits per heavy atom. The second-order valence-corrected chi connectivity index (χ2v) is 7.63. The van der Waals surface area contributed by atoms with Crippen LogP contribution in [0.25, 0.3) is 21.9 Å². The number of rotatable bonds is 5. The SMILES string of the molecule is Cc1ccc2c(C)c(CCC(=O)NNC(=O)Cc3c[nH]c4ccccc34)c(=O)oc2c1. The van der Waals surface area contributed by atoms with Crippen molar-refractivity contribution in [1.29, 1.82) is 0 Å². The molecule has 7 nitrogen and oxygen atoms in total. The van der Waals surface area contributed by atoms with Crippen molar-refractivity contribution in [3.05, 3.63) is 81.3 Å². The van der Waals surface area contributed by atoms with E-state index in [1.807, 2.05) is 56.3 Å². The maximum atomic E-state index is 12.4. The maximum Gasteiger partial charge on any atom is 0.339 e. The number of amides is 2. The van der Waals surface area contributed by atoms with Gasteiger partial charge >= 0.3 is 5.63 Å². The Kier molecular flexibility index (Phi) is 5.58. The molecule has 0 saturated carbocycles. The van der Waals surface area contributed by atoms with Crippen molar-refractivity contribution >= 4 is 33.7 Å². The molecular formula is C24H23N3O4. The summed E-state index contributed by atoms with van der Waals surface area (Å²) in [6.45, 7) is 3.78. The number of nitrogens with one attached hydrogen (secondary N) is 3. The van der Waals surface area contributed by atoms with E-state index in [1.54, 1.807) is 6.20 Å². The minimum Gasteiger partial charge on any atom is -0.423 e. The summed E-state index contributed by atoms with van der Waals surface area (Å²) in [7, 11) is 0. The lowest BCUT2D eigenvalue weighted by Crippen LogP contribution is -2.42. The van der Waals surface area contributed by atoms with E-state index < -0.39 is 5.63 Å². The largest absolute Gasteiger partial charge is 0.423 e. The van der Waals surface area contributed by atoms with Crippen LogP contribution in [0.4, 0.5) is 0 Å². The topological polar surface area (TPSA) is 104 Å². The quantitative estimate of drug-likeness (QED) is 0.343. The molecule has 2 heterocycles. The van der Waals surface area contributed by atoms with E-state index in [0.29, 0.717) is 11.1 Å². The van der Waals surface area contributed by atoms with Crippen LogP contribution in [0.2, 0.25) is 0 Å². The normalized spacial score (nSPS) is 11.0. The van der Waals surface area contributed by atoms with Crippen LogP contribution < -0.4 is 16.5 Å². The predicted octanol–water partition coefficient (Wildman–Crippen LogP) is 3.21. The number of carbonyl (C=O) groups excluding carboxylic acids is 2. The number of hydrogen-bond acceptors (Lipinski definition) is 4. The molecule has 2 aromatic heterocycles. The van der Waals surface area contributed by atoms with Gasteiger partial charge in [-0.1, -0.05) is 30.3 Å². The van der Waals surface area contributed by atoms with Crippen molar-refractivity contribution in [3.8, 4) is 0 Å². The summed E-state index contributed by atoms with van der Waals surface area (Å²) in [5.41, 5.74) is 9.04. The molecule has 0 saturated heterocycles. The molecule has 0 aliphatic carbocycles. The van der Waals surface area contributed by atoms with Crippen LogP contribution in [0, 0.1) is 13.8 Å². The van der Waals surface area contributed by atoms with Gasteiger partial charge in [0.15, 0.2) is 0 Å². The number of hydrogen-bond donors (Lipinski definition) is 3. The lowest BCUT2D eigenvalue weighted by atomic mass is 10.0. The number of aromatic nitrogens is 1. The highest BCUT2D eigenvalue weighted by Crippen LogP contribution is 2.21. The molecule has 2 aromatic carbocycles. The summed E-state index contributed by atoms with van der Waals surface area (Å²) >= 11 is 0. The van der Waals surface area contributed by atoms with Crippen molar-refractivity contribution < 1.29 is 14.0 Å². The number of aryl methyl sites for hydroxylation is 2. The van der Waals surface area contributed by atoms with Crippen LogP contribution in [0.15, 0.2) is 57.9 Å². The summed E-state index contributed by atoms with van der Waals surface area (Å²) in [4.78, 5) is 39.9. The van der Waals surface area contributed by atoms with E-state index in [2.05, 4.69) is 15.8 Å². The molecular weight excluding hydrogens is 394 g/mol. The van der Waals surface area contributed by atoms with E-state index >= 15 is 0 Å². The van der Waals surface area contributed by atoms with Gasteiger partial charge in [-0.15, -0.1) is 0 Å². The van der Waals surface area contributed by atoms with Gasteiger partial charge < -0.3 is 9.40 Å². The third-order valence-corrected chi connectivity index (χ3v) is 5.41. The van der Waals surface area contributed by atoms with Gasteiger partial charge in [-0.05, 0) is 49.1 Å². The molecule has 0 aliphatic heterocycles. The van der Waals surface area contributed by atoms with Gasteiger partial charge in [0.1, 0.15) is 5.58 Å². The molecule has 158 valence electrons. The Morgan fingerprint density at radius 3 is 2.61 bits per heavy atom. The van der Waals surface area contributed by atoms with Crippen LogP contribution in [0.5, 0.6) is 0 Å². The third kappa shape index (κ3) is 4.35. The van der Waals surface area contributed by atoms with Gasteiger partial charge in [-0.3, -0.25) is 20.4 Å². The lowest BCUT2D eigenvalue weighted by Gasteiger charge is -2.09. The zero-order chi connectivity index (χ0) is 22.0. The van der Waals surface area contributed by atoms with E-state index in [4.69, 9.17) is 4.42 Å². The first-order chi connectivity index (χ1) is 14.9. The Morgan fingerprint density at radius 2 is 1.77 bits per heavy atom. The molecule has 0 radical (unpaired) electrons. The average Bonchev–Trinajstić information content (AvgIpc) is 3.14. The van der Waals surface area contributed by atoms with Gasteiger partial charge in [0.25, 0.3) is 0 Å². The Balaban J connectivity index is 1.35. The van der Waals surface area contributed by atoms with Crippen LogP contribution in [-0.2, 0) is 22.4 Å². The summed E-state index contributed by atoms with van der Waals surface area (Å²) < 4.78 is 5.42. The molecule has 4 aromatic rings. The number of aromatic amines is 1. The highest BCUT2D eigenvalue weighted by Gasteiger charge is 2.14. The number of hydrazine groups is 1. The molecule has 2 amide bonds. The molecule has 0 spiro atoms. The molecule has 4 rings (SSSR count). The number of carbonyl (C=O) groups is 2. The van der Waals surface area contributed by atoms with Crippen LogP contribution in [0.3, 0.4) is 0 Å². The minimum absolute atomic E-state index is 0.0519. The minimum atomic E-state index is -0.438. The fourth-order valence-corrected chi connectivity index (χ4v) is 3.73. The predicted molar refractivity (Wildman–Crippen MR) is 119 cm³/mol. The molecule has 0 atom stereocenters. The van der Waals surface area contributed by atoms with Crippen molar-refractivity contribution in [2.45, 2.75) is 33.1 Å². The summed E-state index contributed by atoms with van der Waals surface area (Å²) in [6.07, 6.45) is 2.20. The zero-order valence-electron chi connectivity index (χ0n) is 17.4. The van der Waals surface area contributed by atoms with E-state index in [1.165, 1.54) is 0 Å². The van der Waals surface area contributed by atoms with E-state index in [0.717, 1.165) is 33.0 Å². The second-order valence-electron chi connectivity index (χ2n) is 7.63. The monoisotopic (exact) mass is 417 g/mol. The first-order valence-electron chi connectivity index (χ1n) is 10.1. The van der Waals surface area contributed by atoms with Crippen LogP contribution in [0.1, 0.15) is 28.7 Å². The molecule has 3 N–H and O–H groups in total. The van der Waals surface area contributed by atoms with Crippen molar-refractivity contribution in [3.63, 3.8) is 0 Å². The molecule has 7 heteroatoms. The Bertz CT molecular complexity index is 1350. The molecule has 0 fully saturated rings. The van der Waals surface area contributed by atoms with Gasteiger partial charge in [0.2, 0.25) is 11.8 Å². The molecule has 0 unspecified atom stereocenters. The number of benzene rings is 2. The van der Waals surface area contributed by atoms with Gasteiger partial charge in [0, 0.05) is 34.5 Å². The highest BCUT2D eigenvalue weighted by molar-refractivity contribution is 5.90. The lowest BCUT2D eigenvalue weighted by molar-refractivity contribution is -0.128. The molecule has 0 bridgehead atoms. The number of fused-ring (bicyclic) bond motifs is 2. The first kappa shape index (κ1) is 20.4. The summed E-state index contributed by atoms with van der Waals surface area (Å²) in [5.74, 6) is -0.704.